The predicted octanol–water partition coefficient (Wildman–Crippen LogP) is 21.1. The summed E-state index contributed by atoms with van der Waals surface area (Å²) in [4.78, 5) is 122. The molecule has 17 rings (SSSR count). The van der Waals surface area contributed by atoms with Gasteiger partial charge in [-0.1, -0.05) is 199 Å². The second-order valence-corrected chi connectivity index (χ2v) is 42.2. The third-order valence-corrected chi connectivity index (χ3v) is 26.6. The van der Waals surface area contributed by atoms with Crippen molar-refractivity contribution in [1.82, 2.24) is 29.2 Å². The van der Waals surface area contributed by atoms with Gasteiger partial charge in [0.05, 0.1) is 89.5 Å². The number of carboxylic acids is 2. The van der Waals surface area contributed by atoms with E-state index in [1.807, 2.05) is 154 Å². The van der Waals surface area contributed by atoms with Gasteiger partial charge >= 0.3 is 54.7 Å². The van der Waals surface area contributed by atoms with Crippen LogP contribution in [0.1, 0.15) is 283 Å². The van der Waals surface area contributed by atoms with Crippen LogP contribution < -0.4 is 29.9 Å². The van der Waals surface area contributed by atoms with Gasteiger partial charge in [-0.05, 0) is 270 Å². The molecular formula is C98H116BBr2Cl10LiN9O16. The second-order valence-electron chi connectivity index (χ2n) is 34.8. The SMILES string of the molecule is BrCCBr.C.C.CC(C)(C)OC(=O)c1ccc2c(c1)C(N)CC2.CC(C)(C)OC(=O)c1ccc2c(c1)C(N1CCn3ccc(Cl)c3C1=O)CC2.CC(C)(C)OC(=O)c1ccc2c(c1)C(NC(=O)c1[nH]ccc1Cl)CC2.CC1=NCCC1.COC(=O)C1=C(Cl)C=CC1.ClC(Cl)(Cl)C1=NCCC1(Cl)Cl.O=C(O)C1=C(Cl)C=CC1.O=C(O)c1ccc2c(c1)C(N1CCn3ccc(Cl)c3C1=O)CC2.[B].[Li+].[OH-]. The number of carboxylic acid groups (broad SMARTS) is 2. The standard InChI is InChI=1S/C21H23ClN2O3.C19H21ClN2O3.C17H15ClN2O3.C14H19NO2.C7H7ClO2.C6H5ClO2.C5H4Cl5N.C5H9N.C2H4Br2.2CH4.B.Li.H2O/c1-21(2,3)27-20(26)14-5-4-13-6-7-17(15(13)12-14)24-11-10-23-9-8-16(22)18(23)19(24)25;1-19(2,3)25-18(24)12-5-4-11-6-7-15(13(11)10-12)22-17(23)16-14(20)8-9-21-16;18-13-5-6-19-7-8-20(16(21)15(13)19)14-4-3-10-1-2-11(17(22)23)9-12(10)14;1-14(2,3)17-13(16)10-5-4-9-6-7-12(15)11(9)8-10;1-10-7(9)5-3-2-4-6(5)8;7-5-3-1-2-4(5)6(8)9;6-4(7)1-2-11-3(4)5(8,9)10;1-5-3-2-4-6-5;3-1-2-4;;;;;/h4-5,8-9,12,17H,6-7,10-11H2,1-3H3;4-5,8-10,15,21H,6-7H2,1-3H3,(H,22,23);1-2,5-6,9,14H,3-4,7-8H2,(H,22,23);4-5,8,12H,6-7,15H2,1-3H3;2,4H,3H2,1H3;1,3H,2H2,(H,8,9);1-2H2;2-4H2,1H3;1-2H2;2*1H4;;;1H2/q;;;;;;;;;;;;+1;/p-1. The molecule has 3 amide bonds. The van der Waals surface area contributed by atoms with Gasteiger partial charge in [0.25, 0.3) is 17.7 Å². The summed E-state index contributed by atoms with van der Waals surface area (Å²) in [6, 6.07) is 27.1. The van der Waals surface area contributed by atoms with Crippen molar-refractivity contribution in [3.63, 3.8) is 0 Å². The number of aliphatic imine (C=N–C) groups is 2. The first-order valence-electron chi connectivity index (χ1n) is 42.7. The molecule has 0 spiro atoms. The summed E-state index contributed by atoms with van der Waals surface area (Å²) < 4.78 is 21.8. The number of esters is 4. The quantitative estimate of drug-likeness (QED) is 0.0347. The van der Waals surface area contributed by atoms with Gasteiger partial charge in [-0.3, -0.25) is 24.4 Å². The Bertz CT molecular complexity index is 5650. The van der Waals surface area contributed by atoms with Gasteiger partial charge in [0.2, 0.25) is 3.79 Å². The van der Waals surface area contributed by atoms with Crippen molar-refractivity contribution in [2.24, 2.45) is 15.7 Å². The summed E-state index contributed by atoms with van der Waals surface area (Å²) in [5, 5.41) is 24.9. The van der Waals surface area contributed by atoms with E-state index in [-0.39, 0.29) is 130 Å². The van der Waals surface area contributed by atoms with Crippen LogP contribution in [0.15, 0.2) is 165 Å². The van der Waals surface area contributed by atoms with Crippen molar-refractivity contribution in [2.75, 3.05) is 43.9 Å². The van der Waals surface area contributed by atoms with Crippen LogP contribution in [-0.2, 0) is 67.3 Å². The molecule has 0 fully saturated rings. The number of carbonyl (C=O) groups is 9. The zero-order valence-corrected chi connectivity index (χ0v) is 87.6. The molecule has 3 aromatic heterocycles. The van der Waals surface area contributed by atoms with E-state index < -0.39 is 36.9 Å². The van der Waals surface area contributed by atoms with Crippen LogP contribution in [-0.4, -0.2) is 182 Å². The molecule has 25 nitrogen and oxygen atoms in total. The van der Waals surface area contributed by atoms with Crippen molar-refractivity contribution in [3.05, 3.63) is 254 Å². The summed E-state index contributed by atoms with van der Waals surface area (Å²) >= 11 is 64.2. The Labute approximate surface area is 882 Å². The van der Waals surface area contributed by atoms with Gasteiger partial charge in [0, 0.05) is 95.1 Å². The fourth-order valence-corrected chi connectivity index (χ4v) is 18.4. The number of ether oxygens (including phenoxy) is 4. The Morgan fingerprint density at radius 2 is 0.964 bits per heavy atom. The molecule has 3 radical (unpaired) electrons. The summed E-state index contributed by atoms with van der Waals surface area (Å²) in [7, 11) is 1.35. The van der Waals surface area contributed by atoms with E-state index in [2.05, 4.69) is 63.8 Å². The number of hydrogen-bond donors (Lipinski definition) is 5. The fourth-order valence-electron chi connectivity index (χ4n) is 15.7. The molecule has 4 aromatic carbocycles. The first kappa shape index (κ1) is 122. The Balaban J connectivity index is 0.000000335. The van der Waals surface area contributed by atoms with E-state index in [0.717, 1.165) is 108 Å². The molecule has 4 unspecified atom stereocenters. The van der Waals surface area contributed by atoms with Crippen LogP contribution in [0.2, 0.25) is 15.1 Å². The van der Waals surface area contributed by atoms with E-state index in [9.17, 15) is 48.3 Å². The number of H-pyrrole nitrogens is 1. The average molecular weight is 2210 g/mol. The summed E-state index contributed by atoms with van der Waals surface area (Å²) in [6.07, 6.45) is 23.3. The maximum absolute atomic E-state index is 13.0. The molecule has 39 heteroatoms. The number of nitrogens with zero attached hydrogens (tertiary/aromatic N) is 6. The molecule has 7 heterocycles. The molecule has 137 heavy (non-hydrogen) atoms. The zero-order chi connectivity index (χ0) is 97.2. The maximum atomic E-state index is 13.0. The number of allylic oxidation sites excluding steroid dienone is 6. The van der Waals surface area contributed by atoms with E-state index in [4.69, 9.17) is 141 Å². The van der Waals surface area contributed by atoms with Crippen LogP contribution in [0.5, 0.6) is 0 Å². The molecule has 0 saturated heterocycles. The molecule has 7 aromatic rings. The first-order chi connectivity index (χ1) is 62.0. The van der Waals surface area contributed by atoms with E-state index in [1.165, 1.54) is 36.8 Å². The number of carbonyl (C=O) groups excluding carboxylic acids is 7. The Morgan fingerprint density at radius 3 is 1.31 bits per heavy atom. The van der Waals surface area contributed by atoms with E-state index in [0.29, 0.717) is 110 Å². The van der Waals surface area contributed by atoms with Gasteiger partial charge in [-0.25, -0.2) is 28.8 Å². The minimum Gasteiger partial charge on any atom is -0.870 e. The molecule has 4 atom stereocenters. The number of aromatic amines is 1. The number of amides is 3. The number of methoxy groups -OCH3 is 1. The molecule has 6 aliphatic carbocycles. The first-order valence-corrected chi connectivity index (χ1v) is 48.7. The maximum Gasteiger partial charge on any atom is 1.00 e. The van der Waals surface area contributed by atoms with Gasteiger partial charge in [0.1, 0.15) is 33.9 Å². The molecule has 737 valence electrons. The molecular weight excluding hydrogens is 2090 g/mol. The summed E-state index contributed by atoms with van der Waals surface area (Å²) in [6.45, 7) is 23.0. The van der Waals surface area contributed by atoms with Crippen LogP contribution in [0.3, 0.4) is 0 Å². The predicted molar refractivity (Wildman–Crippen MR) is 551 cm³/mol. The number of fused-ring (bicyclic) bond motifs is 6. The number of hydrogen-bond acceptors (Lipinski definition) is 17. The topological polar surface area (TPSA) is 356 Å². The largest absolute Gasteiger partial charge is 1.00 e. The molecule has 0 bridgehead atoms. The minimum absolute atomic E-state index is 0. The Hall–Kier alpha value is -7.31. The van der Waals surface area contributed by atoms with Crippen LogP contribution in [0.4, 0.5) is 0 Å². The fraction of sp³-hybridized carbons (Fsp3) is 0.439. The van der Waals surface area contributed by atoms with Crippen LogP contribution in [0.25, 0.3) is 0 Å². The molecule has 7 N–H and O–H groups in total. The molecule has 10 aliphatic rings. The Morgan fingerprint density at radius 1 is 0.547 bits per heavy atom. The monoisotopic (exact) mass is 2200 g/mol. The van der Waals surface area contributed by atoms with Crippen LogP contribution in [0, 0.1) is 0 Å². The number of rotatable bonds is 11. The molecule has 4 aliphatic heterocycles. The van der Waals surface area contributed by atoms with Gasteiger partial charge in [-0.2, -0.15) is 0 Å². The normalized spacial score (nSPS) is 17.7. The van der Waals surface area contributed by atoms with Crippen molar-refractivity contribution >= 4 is 221 Å². The third kappa shape index (κ3) is 33.9. The number of nitrogens with one attached hydrogen (secondary N) is 2. The van der Waals surface area contributed by atoms with Crippen LogP contribution >= 0.6 is 148 Å². The van der Waals surface area contributed by atoms with Gasteiger partial charge in [-0.15, -0.1) is 0 Å². The van der Waals surface area contributed by atoms with Gasteiger partial charge in [0.15, 0.2) is 4.33 Å². The van der Waals surface area contributed by atoms with Gasteiger partial charge < -0.3 is 69.6 Å². The second kappa shape index (κ2) is 54.2. The Kier molecular flexibility index (Phi) is 48.3. The van der Waals surface area contributed by atoms with Crippen molar-refractivity contribution < 1.29 is 96.6 Å². The summed E-state index contributed by atoms with van der Waals surface area (Å²) in [5.41, 5.74) is 18.9. The average Bonchev–Trinajstić information content (AvgIpc) is 1.65. The number of alkyl halides is 7. The number of halogens is 12. The number of nitrogens with two attached hydrogens (primary N) is 1. The number of aromatic carboxylic acids is 1. The number of aromatic nitrogens is 3. The van der Waals surface area contributed by atoms with Crippen molar-refractivity contribution in [3.8, 4) is 0 Å². The minimum atomic E-state index is -1.58. The smallest absolute Gasteiger partial charge is 0.870 e. The van der Waals surface area contributed by atoms with E-state index in [1.54, 1.807) is 60.8 Å². The zero-order valence-electron chi connectivity index (χ0n) is 76.9. The van der Waals surface area contributed by atoms with Crippen molar-refractivity contribution in [2.45, 2.75) is 230 Å². The molecule has 0 saturated carbocycles. The summed E-state index contributed by atoms with van der Waals surface area (Å²) in [5.74, 6) is -3.56. The number of aryl methyl sites for hydroxylation is 4. The van der Waals surface area contributed by atoms with Crippen molar-refractivity contribution in [1.29, 1.82) is 0 Å². The number of aliphatic carboxylic acids is 1. The number of benzene rings is 4. The third-order valence-electron chi connectivity index (χ3n) is 21.8. The van der Waals surface area contributed by atoms with E-state index >= 15 is 0 Å².